The van der Waals surface area contributed by atoms with Crippen molar-refractivity contribution in [3.8, 4) is 11.4 Å². The Morgan fingerprint density at radius 1 is 1.13 bits per heavy atom. The second-order valence-corrected chi connectivity index (χ2v) is 7.79. The van der Waals surface area contributed by atoms with Crippen molar-refractivity contribution in [2.45, 2.75) is 26.2 Å². The van der Waals surface area contributed by atoms with Gasteiger partial charge in [-0.3, -0.25) is 4.79 Å². The molecule has 0 radical (unpaired) electrons. The fraction of sp³-hybridized carbons (Fsp3) is 0.333. The van der Waals surface area contributed by atoms with Gasteiger partial charge < -0.3 is 9.64 Å². The second-order valence-electron chi connectivity index (χ2n) is 7.79. The van der Waals surface area contributed by atoms with Gasteiger partial charge in [0.25, 0.3) is 5.91 Å². The lowest BCUT2D eigenvalue weighted by molar-refractivity contribution is 0.0689. The highest BCUT2D eigenvalue weighted by Crippen LogP contribution is 2.25. The first-order valence-corrected chi connectivity index (χ1v) is 10.3. The summed E-state index contributed by atoms with van der Waals surface area (Å²) in [6.07, 6.45) is 4.50. The van der Waals surface area contributed by atoms with Gasteiger partial charge in [-0.2, -0.15) is 5.10 Å². The lowest BCUT2D eigenvalue weighted by Gasteiger charge is -2.32. The predicted octanol–water partition coefficient (Wildman–Crippen LogP) is 4.42. The van der Waals surface area contributed by atoms with E-state index in [9.17, 15) is 9.18 Å². The van der Waals surface area contributed by atoms with Crippen molar-refractivity contribution in [2.24, 2.45) is 5.92 Å². The molecule has 0 unspecified atom stereocenters. The molecule has 30 heavy (non-hydrogen) atoms. The summed E-state index contributed by atoms with van der Waals surface area (Å²) in [7, 11) is 1.67. The Balaban J connectivity index is 1.39. The summed E-state index contributed by atoms with van der Waals surface area (Å²) in [5.74, 6) is 1.04. The van der Waals surface area contributed by atoms with E-state index < -0.39 is 0 Å². The van der Waals surface area contributed by atoms with Crippen molar-refractivity contribution in [1.82, 2.24) is 14.7 Å². The number of halogens is 1. The molecule has 5 nitrogen and oxygen atoms in total. The van der Waals surface area contributed by atoms with E-state index in [0.29, 0.717) is 22.9 Å². The van der Waals surface area contributed by atoms with Gasteiger partial charge in [0, 0.05) is 13.1 Å². The van der Waals surface area contributed by atoms with Gasteiger partial charge in [0.05, 0.1) is 24.6 Å². The number of hydrogen-bond acceptors (Lipinski definition) is 3. The molecule has 1 aromatic heterocycles. The molecule has 0 spiro atoms. The van der Waals surface area contributed by atoms with Crippen LogP contribution in [0.5, 0.6) is 5.75 Å². The van der Waals surface area contributed by atoms with Gasteiger partial charge in [0.2, 0.25) is 0 Å². The van der Waals surface area contributed by atoms with Crippen LogP contribution in [0.3, 0.4) is 0 Å². The molecule has 1 amide bonds. The quantitative estimate of drug-likeness (QED) is 0.629. The summed E-state index contributed by atoms with van der Waals surface area (Å²) in [4.78, 5) is 14.9. The van der Waals surface area contributed by atoms with Crippen molar-refractivity contribution < 1.29 is 13.9 Å². The summed E-state index contributed by atoms with van der Waals surface area (Å²) in [5.41, 5.74) is 2.84. The third-order valence-corrected chi connectivity index (χ3v) is 5.91. The Hall–Kier alpha value is -3.15. The Morgan fingerprint density at radius 3 is 2.50 bits per heavy atom. The highest BCUT2D eigenvalue weighted by Gasteiger charge is 2.26. The van der Waals surface area contributed by atoms with E-state index in [1.807, 2.05) is 24.0 Å². The van der Waals surface area contributed by atoms with Crippen LogP contribution in [0.4, 0.5) is 4.39 Å². The van der Waals surface area contributed by atoms with E-state index in [4.69, 9.17) is 4.74 Å². The Morgan fingerprint density at radius 2 is 1.83 bits per heavy atom. The monoisotopic (exact) mass is 407 g/mol. The van der Waals surface area contributed by atoms with E-state index in [1.54, 1.807) is 31.5 Å². The molecule has 3 aromatic rings. The van der Waals surface area contributed by atoms with E-state index >= 15 is 0 Å². The zero-order valence-corrected chi connectivity index (χ0v) is 17.3. The normalized spacial score (nSPS) is 14.7. The smallest absolute Gasteiger partial charge is 0.257 e. The van der Waals surface area contributed by atoms with E-state index in [-0.39, 0.29) is 11.7 Å². The summed E-state index contributed by atoms with van der Waals surface area (Å²) in [6.45, 7) is 3.26. The summed E-state index contributed by atoms with van der Waals surface area (Å²) >= 11 is 0. The topological polar surface area (TPSA) is 47.4 Å². The van der Waals surface area contributed by atoms with Gasteiger partial charge in [-0.1, -0.05) is 24.3 Å². The Kier molecular flexibility index (Phi) is 5.84. The molecule has 2 aromatic carbocycles. The molecular weight excluding hydrogens is 381 g/mol. The molecule has 2 heterocycles. The number of carbonyl (C=O) groups excluding carboxylic acids is 1. The van der Waals surface area contributed by atoms with Crippen molar-refractivity contribution in [3.63, 3.8) is 0 Å². The van der Waals surface area contributed by atoms with Crippen molar-refractivity contribution in [2.75, 3.05) is 20.2 Å². The number of carbonyl (C=O) groups is 1. The number of amides is 1. The van der Waals surface area contributed by atoms with Crippen LogP contribution in [-0.4, -0.2) is 40.8 Å². The maximum atomic E-state index is 14.1. The second kappa shape index (κ2) is 8.69. The number of aromatic nitrogens is 2. The third kappa shape index (κ3) is 4.08. The minimum Gasteiger partial charge on any atom is -0.497 e. The number of para-hydroxylation sites is 1. The molecular formula is C24H26FN3O2. The predicted molar refractivity (Wildman–Crippen MR) is 114 cm³/mol. The number of hydrogen-bond donors (Lipinski definition) is 0. The lowest BCUT2D eigenvalue weighted by Crippen LogP contribution is -2.39. The molecule has 0 N–H and O–H groups in total. The van der Waals surface area contributed by atoms with Crippen LogP contribution in [0.1, 0.15) is 34.5 Å². The van der Waals surface area contributed by atoms with Gasteiger partial charge in [-0.15, -0.1) is 0 Å². The van der Waals surface area contributed by atoms with Gasteiger partial charge >= 0.3 is 0 Å². The van der Waals surface area contributed by atoms with Crippen LogP contribution in [0, 0.1) is 18.7 Å². The van der Waals surface area contributed by atoms with Gasteiger partial charge in [-0.25, -0.2) is 9.07 Å². The van der Waals surface area contributed by atoms with Crippen molar-refractivity contribution >= 4 is 5.91 Å². The molecule has 1 aliphatic heterocycles. The fourth-order valence-electron chi connectivity index (χ4n) is 4.09. The standard InChI is InChI=1S/C24H26FN3O2/c1-17-21(16-26-28(17)23-6-4-3-5-22(23)25)24(29)27-13-11-19(12-14-27)15-18-7-9-20(30-2)10-8-18/h3-10,16,19H,11-15H2,1-2H3. The molecule has 0 bridgehead atoms. The molecule has 0 saturated carbocycles. The van der Waals surface area contributed by atoms with Crippen molar-refractivity contribution in [3.05, 3.63) is 77.4 Å². The zero-order valence-electron chi connectivity index (χ0n) is 17.3. The number of likely N-dealkylation sites (tertiary alicyclic amines) is 1. The van der Waals surface area contributed by atoms with E-state index in [2.05, 4.69) is 17.2 Å². The third-order valence-electron chi connectivity index (χ3n) is 5.91. The molecule has 6 heteroatoms. The number of methoxy groups -OCH3 is 1. The van der Waals surface area contributed by atoms with Crippen LogP contribution < -0.4 is 4.74 Å². The number of piperidine rings is 1. The first-order chi connectivity index (χ1) is 14.6. The number of ether oxygens (including phenoxy) is 1. The molecule has 156 valence electrons. The fourth-order valence-corrected chi connectivity index (χ4v) is 4.09. The molecule has 0 aliphatic carbocycles. The average molecular weight is 407 g/mol. The highest BCUT2D eigenvalue weighted by molar-refractivity contribution is 5.95. The van der Waals surface area contributed by atoms with Gasteiger partial charge in [0.1, 0.15) is 17.3 Å². The maximum Gasteiger partial charge on any atom is 0.257 e. The van der Waals surface area contributed by atoms with Crippen LogP contribution >= 0.6 is 0 Å². The lowest BCUT2D eigenvalue weighted by atomic mass is 9.90. The largest absolute Gasteiger partial charge is 0.497 e. The maximum absolute atomic E-state index is 14.1. The first kappa shape index (κ1) is 20.1. The van der Waals surface area contributed by atoms with E-state index in [0.717, 1.165) is 38.1 Å². The van der Waals surface area contributed by atoms with E-state index in [1.165, 1.54) is 16.3 Å². The highest BCUT2D eigenvalue weighted by atomic mass is 19.1. The summed E-state index contributed by atoms with van der Waals surface area (Å²) in [5, 5.41) is 4.27. The number of rotatable bonds is 5. The Labute approximate surface area is 176 Å². The SMILES string of the molecule is COc1ccc(CC2CCN(C(=O)c3cnn(-c4ccccc4F)c3C)CC2)cc1. The molecule has 1 saturated heterocycles. The first-order valence-electron chi connectivity index (χ1n) is 10.3. The average Bonchev–Trinajstić information content (AvgIpc) is 3.16. The van der Waals surface area contributed by atoms with Crippen molar-refractivity contribution in [1.29, 1.82) is 0 Å². The number of nitrogens with zero attached hydrogens (tertiary/aromatic N) is 3. The Bertz CT molecular complexity index is 1020. The molecule has 0 atom stereocenters. The summed E-state index contributed by atoms with van der Waals surface area (Å²) < 4.78 is 20.8. The minimum absolute atomic E-state index is 0.0296. The molecule has 1 aliphatic rings. The van der Waals surface area contributed by atoms with Gasteiger partial charge in [0.15, 0.2) is 0 Å². The molecule has 4 rings (SSSR count). The summed E-state index contributed by atoms with van der Waals surface area (Å²) in [6, 6.07) is 14.6. The number of benzene rings is 2. The van der Waals surface area contributed by atoms with Crippen LogP contribution in [-0.2, 0) is 6.42 Å². The van der Waals surface area contributed by atoms with Gasteiger partial charge in [-0.05, 0) is 61.9 Å². The zero-order chi connectivity index (χ0) is 21.1. The van der Waals surface area contributed by atoms with Crippen LogP contribution in [0.25, 0.3) is 5.69 Å². The van der Waals surface area contributed by atoms with Crippen LogP contribution in [0.2, 0.25) is 0 Å². The minimum atomic E-state index is -0.359. The van der Waals surface area contributed by atoms with Crippen LogP contribution in [0.15, 0.2) is 54.7 Å². The molecule has 1 fully saturated rings.